The van der Waals surface area contributed by atoms with Crippen molar-refractivity contribution in [3.63, 3.8) is 0 Å². The molecule has 0 atom stereocenters. The zero-order valence-electron chi connectivity index (χ0n) is 14.5. The molecule has 1 aliphatic heterocycles. The van der Waals surface area contributed by atoms with Crippen LogP contribution in [0.5, 0.6) is 5.75 Å². The fraction of sp³-hybridized carbons (Fsp3) is 0.421. The normalized spacial score (nSPS) is 18.5. The zero-order chi connectivity index (χ0) is 18.0. The van der Waals surface area contributed by atoms with Crippen LogP contribution in [0.4, 0.5) is 0 Å². The second-order valence-corrected chi connectivity index (χ2v) is 6.58. The Morgan fingerprint density at radius 1 is 1.08 bits per heavy atom. The third kappa shape index (κ3) is 3.57. The molecule has 2 aliphatic rings. The van der Waals surface area contributed by atoms with E-state index in [0.717, 1.165) is 12.8 Å². The monoisotopic (exact) mass is 342 g/mol. The van der Waals surface area contributed by atoms with Crippen molar-refractivity contribution in [2.24, 2.45) is 0 Å². The summed E-state index contributed by atoms with van der Waals surface area (Å²) in [7, 11) is 1.56. The highest BCUT2D eigenvalue weighted by atomic mass is 16.5. The number of methoxy groups -OCH3 is 1. The maximum absolute atomic E-state index is 12.5. The summed E-state index contributed by atoms with van der Waals surface area (Å²) in [6.07, 6.45) is 4.47. The molecular formula is C19H22N2O4. The highest BCUT2D eigenvalue weighted by Crippen LogP contribution is 2.44. The molecule has 2 fully saturated rings. The van der Waals surface area contributed by atoms with Gasteiger partial charge in [0.2, 0.25) is 11.8 Å². The Labute approximate surface area is 147 Å². The first-order valence-corrected chi connectivity index (χ1v) is 8.39. The van der Waals surface area contributed by atoms with Crippen molar-refractivity contribution < 1.29 is 19.1 Å². The number of hydrogen-bond acceptors (Lipinski definition) is 4. The van der Waals surface area contributed by atoms with Gasteiger partial charge in [-0.3, -0.25) is 14.4 Å². The van der Waals surface area contributed by atoms with E-state index in [-0.39, 0.29) is 23.1 Å². The molecule has 0 N–H and O–H groups in total. The molecule has 3 rings (SSSR count). The summed E-state index contributed by atoms with van der Waals surface area (Å²) in [4.78, 5) is 39.9. The third-order valence-corrected chi connectivity index (χ3v) is 4.94. The molecule has 1 saturated carbocycles. The molecule has 0 radical (unpaired) electrons. The van der Waals surface area contributed by atoms with Gasteiger partial charge in [0.15, 0.2) is 5.78 Å². The fourth-order valence-corrected chi connectivity index (χ4v) is 3.25. The molecule has 1 aromatic rings. The van der Waals surface area contributed by atoms with Crippen molar-refractivity contribution in [2.45, 2.75) is 25.3 Å². The molecule has 1 aromatic carbocycles. The van der Waals surface area contributed by atoms with E-state index in [4.69, 9.17) is 4.74 Å². The zero-order valence-corrected chi connectivity index (χ0v) is 14.5. The Balaban J connectivity index is 1.64. The number of carbonyl (C=O) groups excluding carboxylic acids is 3. The highest BCUT2D eigenvalue weighted by Gasteiger charge is 2.53. The molecule has 6 nitrogen and oxygen atoms in total. The molecule has 0 bridgehead atoms. The largest absolute Gasteiger partial charge is 0.497 e. The topological polar surface area (TPSA) is 66.9 Å². The van der Waals surface area contributed by atoms with E-state index in [9.17, 15) is 14.4 Å². The molecule has 1 aliphatic carbocycles. The van der Waals surface area contributed by atoms with E-state index in [0.29, 0.717) is 30.9 Å². The van der Waals surface area contributed by atoms with Crippen LogP contribution >= 0.6 is 0 Å². The van der Waals surface area contributed by atoms with Gasteiger partial charge in [-0.1, -0.05) is 0 Å². The van der Waals surface area contributed by atoms with Crippen LogP contribution in [-0.2, 0) is 9.59 Å². The molecule has 2 amide bonds. The molecule has 132 valence electrons. The average molecular weight is 342 g/mol. The summed E-state index contributed by atoms with van der Waals surface area (Å²) in [6.45, 7) is 3.21. The van der Waals surface area contributed by atoms with E-state index in [1.165, 1.54) is 12.2 Å². The molecule has 1 spiro atoms. The van der Waals surface area contributed by atoms with Gasteiger partial charge in [-0.15, -0.1) is 0 Å². The number of carbonyl (C=O) groups is 3. The first-order valence-electron chi connectivity index (χ1n) is 8.39. The minimum atomic E-state index is -0.228. The lowest BCUT2D eigenvalue weighted by molar-refractivity contribution is -0.140. The first kappa shape index (κ1) is 17.2. The summed E-state index contributed by atoms with van der Waals surface area (Å²) in [5.41, 5.74) is 0.279. The molecule has 6 heteroatoms. The van der Waals surface area contributed by atoms with Gasteiger partial charge >= 0.3 is 0 Å². The van der Waals surface area contributed by atoms with Crippen molar-refractivity contribution in [3.05, 3.63) is 42.0 Å². The first-order chi connectivity index (χ1) is 11.9. The maximum Gasteiger partial charge on any atom is 0.247 e. The number of benzene rings is 1. The van der Waals surface area contributed by atoms with Crippen LogP contribution in [-0.4, -0.2) is 59.7 Å². The summed E-state index contributed by atoms with van der Waals surface area (Å²) >= 11 is 0. The summed E-state index contributed by atoms with van der Waals surface area (Å²) < 4.78 is 5.06. The minimum absolute atomic E-state index is 0.0450. The van der Waals surface area contributed by atoms with Crippen LogP contribution in [0.15, 0.2) is 36.4 Å². The van der Waals surface area contributed by atoms with Crippen molar-refractivity contribution in [3.8, 4) is 5.75 Å². The lowest BCUT2D eigenvalue weighted by Crippen LogP contribution is -2.57. The predicted octanol–water partition coefficient (Wildman–Crippen LogP) is 1.66. The molecular weight excluding hydrogens is 320 g/mol. The number of allylic oxidation sites excluding steroid dienone is 1. The molecule has 0 aromatic heterocycles. The standard InChI is InChI=1S/C19H22N2O4/c1-14(22)20-11-12-21(19(13-20)9-10-19)18(24)8-7-17(23)15-3-5-16(25-2)6-4-15/h3-8H,9-13H2,1-2H3/b8-7+. The second kappa shape index (κ2) is 6.70. The van der Waals surface area contributed by atoms with E-state index >= 15 is 0 Å². The van der Waals surface area contributed by atoms with Crippen molar-refractivity contribution in [1.29, 1.82) is 0 Å². The van der Waals surface area contributed by atoms with Gasteiger partial charge in [0.05, 0.1) is 12.6 Å². The Kier molecular flexibility index (Phi) is 4.61. The van der Waals surface area contributed by atoms with Crippen LogP contribution in [0.25, 0.3) is 0 Å². The molecule has 1 saturated heterocycles. The van der Waals surface area contributed by atoms with Gasteiger partial charge in [-0.25, -0.2) is 0 Å². The van der Waals surface area contributed by atoms with Gasteiger partial charge in [-0.05, 0) is 43.2 Å². The van der Waals surface area contributed by atoms with E-state index < -0.39 is 0 Å². The maximum atomic E-state index is 12.5. The van der Waals surface area contributed by atoms with Crippen LogP contribution in [0.2, 0.25) is 0 Å². The summed E-state index contributed by atoms with van der Waals surface area (Å²) in [5, 5.41) is 0. The van der Waals surface area contributed by atoms with E-state index in [1.54, 1.807) is 43.2 Å². The molecule has 0 unspecified atom stereocenters. The van der Waals surface area contributed by atoms with Gasteiger partial charge in [-0.2, -0.15) is 0 Å². The Morgan fingerprint density at radius 3 is 2.32 bits per heavy atom. The van der Waals surface area contributed by atoms with Crippen molar-refractivity contribution in [2.75, 3.05) is 26.7 Å². The van der Waals surface area contributed by atoms with E-state index in [1.807, 2.05) is 4.90 Å². The van der Waals surface area contributed by atoms with E-state index in [2.05, 4.69) is 0 Å². The van der Waals surface area contributed by atoms with Crippen molar-refractivity contribution in [1.82, 2.24) is 9.80 Å². The Hall–Kier alpha value is -2.63. The lowest BCUT2D eigenvalue weighted by Gasteiger charge is -2.41. The number of nitrogens with zero attached hydrogens (tertiary/aromatic N) is 2. The number of ketones is 1. The number of amides is 2. The number of rotatable bonds is 4. The summed E-state index contributed by atoms with van der Waals surface area (Å²) in [5.74, 6) is 0.338. The second-order valence-electron chi connectivity index (χ2n) is 6.58. The van der Waals surface area contributed by atoms with Crippen LogP contribution in [0, 0.1) is 0 Å². The number of hydrogen-bond donors (Lipinski definition) is 0. The van der Waals surface area contributed by atoms with Gasteiger partial charge in [0, 0.05) is 38.2 Å². The third-order valence-electron chi connectivity index (χ3n) is 4.94. The number of piperazine rings is 1. The predicted molar refractivity (Wildman–Crippen MR) is 92.4 cm³/mol. The number of ether oxygens (including phenoxy) is 1. The Bertz CT molecular complexity index is 719. The van der Waals surface area contributed by atoms with Crippen LogP contribution in [0.1, 0.15) is 30.1 Å². The van der Waals surface area contributed by atoms with Gasteiger partial charge < -0.3 is 14.5 Å². The fourth-order valence-electron chi connectivity index (χ4n) is 3.25. The van der Waals surface area contributed by atoms with Crippen molar-refractivity contribution >= 4 is 17.6 Å². The molecule has 25 heavy (non-hydrogen) atoms. The minimum Gasteiger partial charge on any atom is -0.497 e. The van der Waals surface area contributed by atoms with Crippen LogP contribution < -0.4 is 4.74 Å². The lowest BCUT2D eigenvalue weighted by atomic mass is 10.1. The Morgan fingerprint density at radius 2 is 1.76 bits per heavy atom. The quantitative estimate of drug-likeness (QED) is 0.616. The van der Waals surface area contributed by atoms with Gasteiger partial charge in [0.1, 0.15) is 5.75 Å². The SMILES string of the molecule is COc1ccc(C(=O)/C=C/C(=O)N2CCN(C(C)=O)CC23CC3)cc1. The van der Waals surface area contributed by atoms with Crippen LogP contribution in [0.3, 0.4) is 0 Å². The highest BCUT2D eigenvalue weighted by molar-refractivity contribution is 6.07. The smallest absolute Gasteiger partial charge is 0.247 e. The molecule has 1 heterocycles. The average Bonchev–Trinajstić information content (AvgIpc) is 3.38. The summed E-state index contributed by atoms with van der Waals surface area (Å²) in [6, 6.07) is 6.76. The van der Waals surface area contributed by atoms with Gasteiger partial charge in [0.25, 0.3) is 0 Å².